The fourth-order valence-electron chi connectivity index (χ4n) is 4.66. The van der Waals surface area contributed by atoms with Gasteiger partial charge in [-0.15, -0.1) is 0 Å². The van der Waals surface area contributed by atoms with Crippen LogP contribution in [0.5, 0.6) is 0 Å². The van der Waals surface area contributed by atoms with Crippen LogP contribution in [0.2, 0.25) is 0 Å². The summed E-state index contributed by atoms with van der Waals surface area (Å²) in [7, 11) is 0. The Morgan fingerprint density at radius 2 is 1.33 bits per heavy atom. The zero-order chi connectivity index (χ0) is 24.4. The Labute approximate surface area is 206 Å². The minimum atomic E-state index is -0.240. The van der Waals surface area contributed by atoms with E-state index in [9.17, 15) is 9.59 Å². The van der Waals surface area contributed by atoms with Gasteiger partial charge >= 0.3 is 0 Å². The maximum atomic E-state index is 12.8. The Hall–Kier alpha value is -1.67. The summed E-state index contributed by atoms with van der Waals surface area (Å²) in [6.07, 6.45) is 14.0. The van der Waals surface area contributed by atoms with Crippen LogP contribution < -0.4 is 0 Å². The average molecular weight is 471 g/mol. The Morgan fingerprint density at radius 3 is 1.91 bits per heavy atom. The van der Waals surface area contributed by atoms with Gasteiger partial charge in [0.1, 0.15) is 0 Å². The first-order valence-corrected chi connectivity index (χ1v) is 13.3. The highest BCUT2D eigenvalue weighted by atomic mass is 35.5. The first-order valence-electron chi connectivity index (χ1n) is 12.9. The molecule has 0 saturated heterocycles. The molecule has 0 radical (unpaired) electrons. The van der Waals surface area contributed by atoms with Crippen LogP contribution in [0.3, 0.4) is 0 Å². The fraction of sp³-hybridized carbons (Fsp3) is 0.600. The lowest BCUT2D eigenvalue weighted by molar-refractivity contribution is 0.0979. The first kappa shape index (κ1) is 27.6. The summed E-state index contributed by atoms with van der Waals surface area (Å²) in [6, 6.07) is 6.93. The van der Waals surface area contributed by atoms with Gasteiger partial charge in [0.05, 0.1) is 5.03 Å². The van der Waals surface area contributed by atoms with Crippen LogP contribution in [0.25, 0.3) is 0 Å². The molecule has 1 aromatic rings. The lowest BCUT2D eigenvalue weighted by atomic mass is 9.87. The van der Waals surface area contributed by atoms with Crippen LogP contribution in [0, 0.1) is 17.8 Å². The van der Waals surface area contributed by atoms with Gasteiger partial charge in [-0.25, -0.2) is 0 Å². The molecule has 0 aliphatic heterocycles. The van der Waals surface area contributed by atoms with E-state index in [-0.39, 0.29) is 16.6 Å². The van der Waals surface area contributed by atoms with Gasteiger partial charge in [-0.3, -0.25) is 9.59 Å². The van der Waals surface area contributed by atoms with Crippen LogP contribution >= 0.6 is 11.6 Å². The van der Waals surface area contributed by atoms with E-state index in [1.165, 1.54) is 50.5 Å². The van der Waals surface area contributed by atoms with Crippen LogP contribution in [0.15, 0.2) is 46.5 Å². The van der Waals surface area contributed by atoms with Crippen molar-refractivity contribution in [3.63, 3.8) is 0 Å². The number of allylic oxidation sites excluding steroid dienone is 4. The third kappa shape index (κ3) is 8.89. The number of Topliss-reactive ketones (excluding diaryl/α,β-unsaturated/α-hetero) is 2. The Balaban J connectivity index is 1.71. The third-order valence-corrected chi connectivity index (χ3v) is 7.35. The van der Waals surface area contributed by atoms with Gasteiger partial charge in [-0.2, -0.15) is 0 Å². The van der Waals surface area contributed by atoms with Gasteiger partial charge in [0, 0.05) is 16.7 Å². The highest BCUT2D eigenvalue weighted by Gasteiger charge is 2.30. The van der Waals surface area contributed by atoms with Crippen molar-refractivity contribution >= 4 is 23.2 Å². The van der Waals surface area contributed by atoms with Crippen molar-refractivity contribution in [2.45, 2.75) is 98.8 Å². The second-order valence-corrected chi connectivity index (χ2v) is 11.0. The molecule has 0 heterocycles. The Morgan fingerprint density at radius 1 is 0.818 bits per heavy atom. The van der Waals surface area contributed by atoms with Gasteiger partial charge in [-0.1, -0.05) is 120 Å². The summed E-state index contributed by atoms with van der Waals surface area (Å²) in [5.74, 6) is 2.07. The minimum absolute atomic E-state index is 0.0785. The Kier molecular flexibility index (Phi) is 11.6. The second kappa shape index (κ2) is 13.9. The number of rotatable bonds is 14. The van der Waals surface area contributed by atoms with Crippen molar-refractivity contribution in [3.05, 3.63) is 57.6 Å². The van der Waals surface area contributed by atoms with Crippen LogP contribution in [0.1, 0.15) is 120 Å². The number of ketones is 2. The molecular weight excluding hydrogens is 428 g/mol. The molecular formula is C30H43ClO2. The smallest absolute Gasteiger partial charge is 0.205 e. The number of benzene rings is 1. The molecule has 0 saturated carbocycles. The van der Waals surface area contributed by atoms with Crippen molar-refractivity contribution in [3.8, 4) is 0 Å². The molecule has 0 fully saturated rings. The van der Waals surface area contributed by atoms with Gasteiger partial charge in [0.25, 0.3) is 0 Å². The predicted octanol–water partition coefficient (Wildman–Crippen LogP) is 9.33. The lowest BCUT2D eigenvalue weighted by Crippen LogP contribution is -2.19. The summed E-state index contributed by atoms with van der Waals surface area (Å²) in [4.78, 5) is 25.3. The molecule has 0 amide bonds. The summed E-state index contributed by atoms with van der Waals surface area (Å²) in [5.41, 5.74) is 2.57. The van der Waals surface area contributed by atoms with E-state index >= 15 is 0 Å². The molecule has 3 heteroatoms. The van der Waals surface area contributed by atoms with Crippen molar-refractivity contribution in [2.75, 3.05) is 0 Å². The minimum Gasteiger partial charge on any atom is -0.289 e. The first-order chi connectivity index (χ1) is 15.7. The second-order valence-electron chi connectivity index (χ2n) is 10.6. The van der Waals surface area contributed by atoms with Gasteiger partial charge < -0.3 is 0 Å². The average Bonchev–Trinajstić information content (AvgIpc) is 2.77. The number of hydrogen-bond acceptors (Lipinski definition) is 2. The van der Waals surface area contributed by atoms with E-state index in [1.807, 2.05) is 0 Å². The molecule has 2 unspecified atom stereocenters. The summed E-state index contributed by atoms with van der Waals surface area (Å²) in [5, 5.41) is 0.0785. The van der Waals surface area contributed by atoms with Gasteiger partial charge in [0.2, 0.25) is 5.78 Å². The quantitative estimate of drug-likeness (QED) is 0.254. The molecule has 0 spiro atoms. The fourth-order valence-corrected chi connectivity index (χ4v) is 4.93. The molecule has 0 N–H and O–H groups in total. The predicted molar refractivity (Wildman–Crippen MR) is 141 cm³/mol. The maximum absolute atomic E-state index is 12.8. The van der Waals surface area contributed by atoms with Crippen molar-refractivity contribution in [1.82, 2.24) is 0 Å². The largest absolute Gasteiger partial charge is 0.289 e. The summed E-state index contributed by atoms with van der Waals surface area (Å²) >= 11 is 6.28. The van der Waals surface area contributed by atoms with Crippen LogP contribution in [0.4, 0.5) is 0 Å². The molecule has 1 aliphatic carbocycles. The number of carbonyl (C=O) groups is 2. The molecule has 2 rings (SSSR count). The molecule has 0 bridgehead atoms. The van der Waals surface area contributed by atoms with E-state index in [1.54, 1.807) is 24.3 Å². The van der Waals surface area contributed by atoms with Crippen molar-refractivity contribution in [2.24, 2.45) is 17.8 Å². The van der Waals surface area contributed by atoms with Crippen LogP contribution in [-0.2, 0) is 0 Å². The van der Waals surface area contributed by atoms with E-state index in [2.05, 4.69) is 40.7 Å². The number of hydrogen-bond donors (Lipinski definition) is 0. The number of halogens is 1. The van der Waals surface area contributed by atoms with Gasteiger partial charge in [0.15, 0.2) is 5.78 Å². The monoisotopic (exact) mass is 470 g/mol. The highest BCUT2D eigenvalue weighted by Crippen LogP contribution is 2.31. The molecule has 0 aromatic heterocycles. The molecule has 2 nitrogen and oxygen atoms in total. The van der Waals surface area contributed by atoms with Crippen LogP contribution in [-0.4, -0.2) is 11.6 Å². The standard InChI is InChI=1S/C30H43ClO2/c1-21(2)11-8-12-22(3)13-9-14-23(4)15-10-16-24(5)19-20-27-28(31)30(33)26-18-7-6-17-25(26)29(27)32/h6-7,17-19,21-23H,8-16,20H2,1-5H3. The lowest BCUT2D eigenvalue weighted by Gasteiger charge is -2.17. The van der Waals surface area contributed by atoms with E-state index in [4.69, 9.17) is 11.6 Å². The van der Waals surface area contributed by atoms with E-state index < -0.39 is 0 Å². The molecule has 33 heavy (non-hydrogen) atoms. The SMILES string of the molecule is CC(=CCC1=C(Cl)C(=O)c2ccccc2C1=O)CCCC(C)CCCC(C)CCCC(C)C. The normalized spacial score (nSPS) is 16.4. The topological polar surface area (TPSA) is 34.1 Å². The zero-order valence-electron chi connectivity index (χ0n) is 21.4. The van der Waals surface area contributed by atoms with Crippen molar-refractivity contribution in [1.29, 1.82) is 0 Å². The zero-order valence-corrected chi connectivity index (χ0v) is 22.1. The third-order valence-electron chi connectivity index (χ3n) is 6.95. The highest BCUT2D eigenvalue weighted by molar-refractivity contribution is 6.50. The van der Waals surface area contributed by atoms with E-state index in [0.717, 1.165) is 30.6 Å². The Bertz CT molecular complexity index is 862. The summed E-state index contributed by atoms with van der Waals surface area (Å²) < 4.78 is 0. The molecule has 1 aliphatic rings. The molecule has 1 aromatic carbocycles. The number of fused-ring (bicyclic) bond motifs is 1. The number of carbonyl (C=O) groups excluding carboxylic acids is 2. The molecule has 2 atom stereocenters. The van der Waals surface area contributed by atoms with Gasteiger partial charge in [-0.05, 0) is 43.9 Å². The van der Waals surface area contributed by atoms with E-state index in [0.29, 0.717) is 23.1 Å². The molecule has 182 valence electrons. The summed E-state index contributed by atoms with van der Waals surface area (Å²) in [6.45, 7) is 11.5. The maximum Gasteiger partial charge on any atom is 0.205 e. The van der Waals surface area contributed by atoms with Crippen molar-refractivity contribution < 1.29 is 9.59 Å².